The third-order valence-corrected chi connectivity index (χ3v) is 3.29. The molecule has 0 aliphatic heterocycles. The fourth-order valence-electron chi connectivity index (χ4n) is 2.30. The first-order valence-corrected chi connectivity index (χ1v) is 6.99. The van der Waals surface area contributed by atoms with Crippen LogP contribution in [0, 0.1) is 6.92 Å². The number of rotatable bonds is 4. The van der Waals surface area contributed by atoms with E-state index in [2.05, 4.69) is 0 Å². The fourth-order valence-corrected chi connectivity index (χ4v) is 2.30. The zero-order chi connectivity index (χ0) is 15.4. The number of ether oxygens (including phenoxy) is 1. The summed E-state index contributed by atoms with van der Waals surface area (Å²) in [5.74, 6) is -0.0945. The number of carbonyl (C=O) groups excluding carboxylic acids is 1. The van der Waals surface area contributed by atoms with Gasteiger partial charge in [-0.25, -0.2) is 9.59 Å². The average molecular weight is 286 g/mol. The lowest BCUT2D eigenvalue weighted by atomic mass is 9.95. The lowest BCUT2D eigenvalue weighted by Gasteiger charge is -2.14. The number of esters is 1. The molecule has 4 heteroatoms. The van der Waals surface area contributed by atoms with Gasteiger partial charge in [0.1, 0.15) is 11.3 Å². The van der Waals surface area contributed by atoms with Gasteiger partial charge in [-0.3, -0.25) is 0 Å². The van der Waals surface area contributed by atoms with E-state index in [4.69, 9.17) is 9.15 Å². The first kappa shape index (κ1) is 15.0. The molecule has 0 aliphatic carbocycles. The van der Waals surface area contributed by atoms with Crippen molar-refractivity contribution in [2.24, 2.45) is 0 Å². The lowest BCUT2D eigenvalue weighted by Crippen LogP contribution is -2.17. The van der Waals surface area contributed by atoms with Crippen LogP contribution in [0.15, 0.2) is 39.5 Å². The Morgan fingerprint density at radius 1 is 1.19 bits per heavy atom. The summed E-state index contributed by atoms with van der Waals surface area (Å²) in [6, 6.07) is 9.34. The fraction of sp³-hybridized carbons (Fsp3) is 0.294. The SMILES string of the molecule is CCOC(=O)c1c(CC)oc(=O)c(C)c1-c1ccccc1. The zero-order valence-electron chi connectivity index (χ0n) is 12.4. The number of hydrogen-bond acceptors (Lipinski definition) is 4. The van der Waals surface area contributed by atoms with Crippen LogP contribution in [-0.4, -0.2) is 12.6 Å². The number of carbonyl (C=O) groups is 1. The van der Waals surface area contributed by atoms with E-state index in [9.17, 15) is 9.59 Å². The molecule has 1 heterocycles. The van der Waals surface area contributed by atoms with Crippen LogP contribution in [0.2, 0.25) is 0 Å². The molecule has 0 atom stereocenters. The Morgan fingerprint density at radius 3 is 2.43 bits per heavy atom. The van der Waals surface area contributed by atoms with E-state index >= 15 is 0 Å². The standard InChI is InChI=1S/C17H18O4/c1-4-13-15(17(19)20-5-2)14(11(3)16(18)21-13)12-9-7-6-8-10-12/h6-10H,4-5H2,1-3H3. The second-order valence-corrected chi connectivity index (χ2v) is 4.63. The summed E-state index contributed by atoms with van der Waals surface area (Å²) in [5, 5.41) is 0. The molecule has 110 valence electrons. The summed E-state index contributed by atoms with van der Waals surface area (Å²) >= 11 is 0. The van der Waals surface area contributed by atoms with Gasteiger partial charge in [-0.05, 0) is 19.4 Å². The van der Waals surface area contributed by atoms with Crippen molar-refractivity contribution in [3.63, 3.8) is 0 Å². The van der Waals surface area contributed by atoms with E-state index in [0.717, 1.165) is 5.56 Å². The Morgan fingerprint density at radius 2 is 1.86 bits per heavy atom. The third-order valence-electron chi connectivity index (χ3n) is 3.29. The van der Waals surface area contributed by atoms with Gasteiger partial charge in [0, 0.05) is 17.5 Å². The number of hydrogen-bond donors (Lipinski definition) is 0. The molecule has 1 aromatic carbocycles. The Labute approximate surface area is 123 Å². The highest BCUT2D eigenvalue weighted by Crippen LogP contribution is 2.29. The minimum Gasteiger partial charge on any atom is -0.462 e. The molecule has 21 heavy (non-hydrogen) atoms. The van der Waals surface area contributed by atoms with Crippen molar-refractivity contribution < 1.29 is 13.9 Å². The quantitative estimate of drug-likeness (QED) is 0.809. The van der Waals surface area contributed by atoms with Crippen molar-refractivity contribution in [1.82, 2.24) is 0 Å². The topological polar surface area (TPSA) is 56.5 Å². The van der Waals surface area contributed by atoms with Crippen molar-refractivity contribution in [3.8, 4) is 11.1 Å². The Hall–Kier alpha value is -2.36. The van der Waals surface area contributed by atoms with Gasteiger partial charge in [-0.1, -0.05) is 37.3 Å². The Bertz CT molecular complexity index is 699. The summed E-state index contributed by atoms with van der Waals surface area (Å²) in [7, 11) is 0. The first-order valence-electron chi connectivity index (χ1n) is 6.99. The van der Waals surface area contributed by atoms with E-state index in [1.165, 1.54) is 0 Å². The van der Waals surface area contributed by atoms with Gasteiger partial charge in [0.25, 0.3) is 0 Å². The molecule has 0 aliphatic rings. The highest BCUT2D eigenvalue weighted by Gasteiger charge is 2.24. The largest absolute Gasteiger partial charge is 0.462 e. The van der Waals surface area contributed by atoms with Gasteiger partial charge < -0.3 is 9.15 Å². The van der Waals surface area contributed by atoms with Crippen molar-refractivity contribution >= 4 is 5.97 Å². The first-order chi connectivity index (χ1) is 10.1. The molecule has 1 aromatic heterocycles. The predicted octanol–water partition coefficient (Wildman–Crippen LogP) is 3.35. The van der Waals surface area contributed by atoms with Crippen molar-refractivity contribution in [2.45, 2.75) is 27.2 Å². The van der Waals surface area contributed by atoms with E-state index < -0.39 is 11.6 Å². The smallest absolute Gasteiger partial charge is 0.342 e. The van der Waals surface area contributed by atoms with Gasteiger partial charge in [-0.15, -0.1) is 0 Å². The maximum absolute atomic E-state index is 12.3. The Kier molecular flexibility index (Phi) is 4.58. The summed E-state index contributed by atoms with van der Waals surface area (Å²) in [6.07, 6.45) is 0.448. The minimum atomic E-state index is -0.458. The van der Waals surface area contributed by atoms with Gasteiger partial charge in [0.2, 0.25) is 0 Å². The second-order valence-electron chi connectivity index (χ2n) is 4.63. The van der Waals surface area contributed by atoms with E-state index in [1.54, 1.807) is 13.8 Å². The summed E-state index contributed by atoms with van der Waals surface area (Å²) in [5.41, 5.74) is 1.76. The van der Waals surface area contributed by atoms with Crippen LogP contribution in [-0.2, 0) is 11.2 Å². The molecule has 0 spiro atoms. The van der Waals surface area contributed by atoms with Crippen molar-refractivity contribution in [2.75, 3.05) is 6.61 Å². The highest BCUT2D eigenvalue weighted by atomic mass is 16.5. The molecular weight excluding hydrogens is 268 g/mol. The number of aryl methyl sites for hydroxylation is 1. The normalized spacial score (nSPS) is 10.4. The van der Waals surface area contributed by atoms with Crippen molar-refractivity contribution in [3.05, 3.63) is 57.6 Å². The van der Waals surface area contributed by atoms with Crippen molar-refractivity contribution in [1.29, 1.82) is 0 Å². The Balaban J connectivity index is 2.80. The van der Waals surface area contributed by atoms with Crippen LogP contribution in [0.5, 0.6) is 0 Å². The molecule has 0 saturated heterocycles. The van der Waals surface area contributed by atoms with E-state index in [0.29, 0.717) is 28.9 Å². The molecule has 0 unspecified atom stereocenters. The molecule has 0 bridgehead atoms. The lowest BCUT2D eigenvalue weighted by molar-refractivity contribution is 0.0522. The predicted molar refractivity (Wildman–Crippen MR) is 80.5 cm³/mol. The van der Waals surface area contributed by atoms with Gasteiger partial charge in [-0.2, -0.15) is 0 Å². The second kappa shape index (κ2) is 6.39. The molecule has 0 fully saturated rings. The molecule has 0 saturated carbocycles. The molecule has 4 nitrogen and oxygen atoms in total. The highest BCUT2D eigenvalue weighted by molar-refractivity contribution is 5.99. The third kappa shape index (κ3) is 2.89. The summed E-state index contributed by atoms with van der Waals surface area (Å²) in [4.78, 5) is 24.3. The van der Waals surface area contributed by atoms with Crippen LogP contribution in [0.1, 0.15) is 35.5 Å². The number of benzene rings is 1. The van der Waals surface area contributed by atoms with Gasteiger partial charge in [0.05, 0.1) is 6.61 Å². The molecule has 0 radical (unpaired) electrons. The maximum Gasteiger partial charge on any atom is 0.342 e. The van der Waals surface area contributed by atoms with Crippen LogP contribution in [0.4, 0.5) is 0 Å². The van der Waals surface area contributed by atoms with Gasteiger partial charge in [0.15, 0.2) is 0 Å². The molecular formula is C17H18O4. The molecule has 0 N–H and O–H groups in total. The summed E-state index contributed by atoms with van der Waals surface area (Å²) < 4.78 is 10.4. The van der Waals surface area contributed by atoms with Crippen LogP contribution in [0.25, 0.3) is 11.1 Å². The monoisotopic (exact) mass is 286 g/mol. The van der Waals surface area contributed by atoms with Crippen LogP contribution in [0.3, 0.4) is 0 Å². The zero-order valence-corrected chi connectivity index (χ0v) is 12.4. The minimum absolute atomic E-state index is 0.272. The van der Waals surface area contributed by atoms with Crippen LogP contribution >= 0.6 is 0 Å². The maximum atomic E-state index is 12.3. The summed E-state index contributed by atoms with van der Waals surface area (Å²) in [6.45, 7) is 5.52. The average Bonchev–Trinajstić information content (AvgIpc) is 2.50. The molecule has 2 rings (SSSR count). The van der Waals surface area contributed by atoms with Gasteiger partial charge >= 0.3 is 11.6 Å². The molecule has 2 aromatic rings. The van der Waals surface area contributed by atoms with Crippen LogP contribution < -0.4 is 5.63 Å². The van der Waals surface area contributed by atoms with E-state index in [-0.39, 0.29) is 6.61 Å². The van der Waals surface area contributed by atoms with E-state index in [1.807, 2.05) is 37.3 Å². The molecule has 0 amide bonds.